The fraction of sp³-hybridized carbons (Fsp3) is 1.00. The minimum Gasteiger partial charge on any atom is -0.230 e. The highest BCUT2D eigenvalue weighted by Crippen LogP contribution is 2.06. The van der Waals surface area contributed by atoms with E-state index in [1.165, 1.54) is 0 Å². The maximum Gasteiger partial charge on any atom is 0.240 e. The van der Waals surface area contributed by atoms with Crippen molar-refractivity contribution in [2.45, 2.75) is 12.6 Å². The van der Waals surface area contributed by atoms with Crippen LogP contribution < -0.4 is 5.32 Å². The van der Waals surface area contributed by atoms with Crippen LogP contribution in [0.25, 0.3) is 0 Å². The number of rotatable bonds is 2. The van der Waals surface area contributed by atoms with Crippen LogP contribution in [0.2, 0.25) is 0 Å². The van der Waals surface area contributed by atoms with Crippen LogP contribution in [0, 0.1) is 0 Å². The highest BCUT2D eigenvalue weighted by molar-refractivity contribution is 4.65. The largest absolute Gasteiger partial charge is 0.240 e. The third-order valence-corrected chi connectivity index (χ3v) is 1.02. The monoisotopic (exact) mass is 153 g/mol. The average molecular weight is 153 g/mol. The molecule has 0 aromatic rings. The van der Waals surface area contributed by atoms with Crippen LogP contribution >= 0.6 is 0 Å². The Kier molecular flexibility index (Phi) is 1.41. The van der Waals surface area contributed by atoms with Gasteiger partial charge in [-0.25, -0.2) is 5.32 Å². The summed E-state index contributed by atoms with van der Waals surface area (Å²) in [4.78, 5) is 0. The Labute approximate surface area is 60.4 Å². The predicted octanol–water partition coefficient (Wildman–Crippen LogP) is 0.809. The van der Waals surface area contributed by atoms with Crippen LogP contribution in [0.1, 0.15) is 0 Å². The minimum absolute atomic E-state index is 0.504. The quantitative estimate of drug-likeness (QED) is 0.621. The molecule has 2 aliphatic rings. The molecular formula is C2H3N9. The van der Waals surface area contributed by atoms with Crippen LogP contribution in [-0.2, 0) is 0 Å². The van der Waals surface area contributed by atoms with Gasteiger partial charge in [0.15, 0.2) is 0 Å². The fourth-order valence-electron chi connectivity index (χ4n) is 0.601. The highest BCUT2D eigenvalue weighted by atomic mass is 15.6. The van der Waals surface area contributed by atoms with Crippen molar-refractivity contribution in [3.63, 3.8) is 0 Å². The van der Waals surface area contributed by atoms with E-state index in [2.05, 4.69) is 46.7 Å². The first-order valence-electron chi connectivity index (χ1n) is 2.81. The van der Waals surface area contributed by atoms with Gasteiger partial charge >= 0.3 is 0 Å². The summed E-state index contributed by atoms with van der Waals surface area (Å²) in [6.07, 6.45) is -1.01. The van der Waals surface area contributed by atoms with Crippen LogP contribution in [0.5, 0.6) is 0 Å². The van der Waals surface area contributed by atoms with Crippen molar-refractivity contribution in [1.29, 1.82) is 0 Å². The van der Waals surface area contributed by atoms with E-state index in [0.29, 0.717) is 0 Å². The molecule has 2 rings (SSSR count). The highest BCUT2D eigenvalue weighted by Gasteiger charge is 2.16. The van der Waals surface area contributed by atoms with Gasteiger partial charge in [-0.2, -0.15) is 0 Å². The van der Waals surface area contributed by atoms with Crippen molar-refractivity contribution in [1.82, 2.24) is 5.32 Å². The molecule has 56 valence electrons. The Bertz CT molecular complexity index is 198. The van der Waals surface area contributed by atoms with Gasteiger partial charge in [-0.3, -0.25) is 0 Å². The summed E-state index contributed by atoms with van der Waals surface area (Å²) in [6.45, 7) is 0. The smallest absolute Gasteiger partial charge is 0.230 e. The molecule has 0 aliphatic carbocycles. The minimum atomic E-state index is -0.504. The first-order chi connectivity index (χ1) is 5.45. The lowest BCUT2D eigenvalue weighted by atomic mass is 10.8. The van der Waals surface area contributed by atoms with Gasteiger partial charge in [0, 0.05) is 0 Å². The van der Waals surface area contributed by atoms with Gasteiger partial charge in [-0.1, -0.05) is 0 Å². The zero-order chi connectivity index (χ0) is 7.52. The zero-order valence-electron chi connectivity index (χ0n) is 5.23. The van der Waals surface area contributed by atoms with Gasteiger partial charge in [0.1, 0.15) is 0 Å². The van der Waals surface area contributed by atoms with Crippen LogP contribution in [-0.4, -0.2) is 12.6 Å². The first kappa shape index (κ1) is 6.09. The normalized spacial score (nSPS) is 22.5. The third kappa shape index (κ3) is 1.26. The second-order valence-electron chi connectivity index (χ2n) is 1.73. The Morgan fingerprint density at radius 2 is 1.00 bits per heavy atom. The van der Waals surface area contributed by atoms with Crippen molar-refractivity contribution < 1.29 is 0 Å². The van der Waals surface area contributed by atoms with Crippen LogP contribution in [0.3, 0.4) is 0 Å². The van der Waals surface area contributed by atoms with Crippen LogP contribution in [0.15, 0.2) is 41.4 Å². The molecule has 0 aromatic carbocycles. The molecule has 9 nitrogen and oxygen atoms in total. The van der Waals surface area contributed by atoms with E-state index in [1.807, 2.05) is 0 Å². The fourth-order valence-corrected chi connectivity index (χ4v) is 0.601. The van der Waals surface area contributed by atoms with E-state index in [4.69, 9.17) is 0 Å². The Morgan fingerprint density at radius 3 is 1.36 bits per heavy atom. The summed E-state index contributed by atoms with van der Waals surface area (Å²) in [5, 5.41) is 30.2. The summed E-state index contributed by atoms with van der Waals surface area (Å²) < 4.78 is 0. The molecule has 0 saturated heterocycles. The van der Waals surface area contributed by atoms with Crippen molar-refractivity contribution in [3.8, 4) is 0 Å². The molecule has 0 radical (unpaired) electrons. The lowest BCUT2D eigenvalue weighted by molar-refractivity contribution is 0.458. The summed E-state index contributed by atoms with van der Waals surface area (Å²) in [7, 11) is 0. The van der Waals surface area contributed by atoms with E-state index in [9.17, 15) is 0 Å². The Morgan fingerprint density at radius 1 is 0.636 bits per heavy atom. The van der Waals surface area contributed by atoms with E-state index in [-0.39, 0.29) is 0 Å². The van der Waals surface area contributed by atoms with Crippen molar-refractivity contribution in [2.75, 3.05) is 0 Å². The van der Waals surface area contributed by atoms with Crippen LogP contribution in [0.4, 0.5) is 0 Å². The first-order valence-corrected chi connectivity index (χ1v) is 2.81. The lowest BCUT2D eigenvalue weighted by Crippen LogP contribution is -2.31. The SMILES string of the molecule is N1=NC(NC2N=NN=N2)N=N1. The van der Waals surface area contributed by atoms with Gasteiger partial charge in [0.05, 0.1) is 0 Å². The summed E-state index contributed by atoms with van der Waals surface area (Å²) in [6, 6.07) is 0. The molecule has 1 N–H and O–H groups in total. The summed E-state index contributed by atoms with van der Waals surface area (Å²) in [5.41, 5.74) is 0. The van der Waals surface area contributed by atoms with E-state index < -0.39 is 12.6 Å². The Balaban J connectivity index is 1.90. The van der Waals surface area contributed by atoms with Gasteiger partial charge < -0.3 is 0 Å². The zero-order valence-corrected chi connectivity index (χ0v) is 5.23. The van der Waals surface area contributed by atoms with Gasteiger partial charge in [0.2, 0.25) is 12.6 Å². The topological polar surface area (TPSA) is 111 Å². The van der Waals surface area contributed by atoms with Gasteiger partial charge in [-0.15, -0.1) is 20.5 Å². The molecule has 0 fully saturated rings. The second kappa shape index (κ2) is 2.54. The maximum absolute atomic E-state index is 3.58. The maximum atomic E-state index is 3.58. The average Bonchev–Trinajstić information content (AvgIpc) is 2.60. The van der Waals surface area contributed by atoms with E-state index in [1.54, 1.807) is 0 Å². The summed E-state index contributed by atoms with van der Waals surface area (Å²) >= 11 is 0. The van der Waals surface area contributed by atoms with Gasteiger partial charge in [-0.05, 0) is 20.9 Å². The van der Waals surface area contributed by atoms with Gasteiger partial charge in [0.25, 0.3) is 0 Å². The molecule has 0 saturated carbocycles. The molecule has 0 spiro atoms. The van der Waals surface area contributed by atoms with Crippen molar-refractivity contribution in [2.24, 2.45) is 41.4 Å². The number of hydrogen-bond acceptors (Lipinski definition) is 9. The molecule has 0 amide bonds. The molecule has 0 unspecified atom stereocenters. The molecule has 2 heterocycles. The third-order valence-electron chi connectivity index (χ3n) is 1.02. The molecular weight excluding hydrogens is 150 g/mol. The molecule has 0 aromatic heterocycles. The molecule has 2 aliphatic heterocycles. The lowest BCUT2D eigenvalue weighted by Gasteiger charge is -2.02. The second-order valence-corrected chi connectivity index (χ2v) is 1.73. The molecule has 11 heavy (non-hydrogen) atoms. The number of nitrogens with one attached hydrogen (secondary N) is 1. The standard InChI is InChI=1S/C2H3N9/c3(1-4-8-9-5-1)2-6-10-11-7-2/h1-3H. The van der Waals surface area contributed by atoms with E-state index >= 15 is 0 Å². The summed E-state index contributed by atoms with van der Waals surface area (Å²) in [5.74, 6) is 0. The molecule has 0 atom stereocenters. The predicted molar refractivity (Wildman–Crippen MR) is 30.1 cm³/mol. The Hall–Kier alpha value is -1.64. The molecule has 9 heteroatoms. The number of nitrogens with zero attached hydrogens (tertiary/aromatic N) is 8. The molecule has 0 bridgehead atoms. The number of hydrogen-bond donors (Lipinski definition) is 1. The van der Waals surface area contributed by atoms with Crippen molar-refractivity contribution in [3.05, 3.63) is 0 Å². The van der Waals surface area contributed by atoms with E-state index in [0.717, 1.165) is 0 Å². The van der Waals surface area contributed by atoms with Crippen molar-refractivity contribution >= 4 is 0 Å².